The van der Waals surface area contributed by atoms with Crippen LogP contribution in [0.1, 0.15) is 21.6 Å². The van der Waals surface area contributed by atoms with Crippen LogP contribution >= 0.6 is 11.6 Å². The molecule has 0 fully saturated rings. The average Bonchev–Trinajstić information content (AvgIpc) is 3.15. The average molecular weight is 397 g/mol. The minimum atomic E-state index is -0.315. The molecule has 0 radical (unpaired) electrons. The van der Waals surface area contributed by atoms with E-state index in [1.54, 1.807) is 25.2 Å². The Hall–Kier alpha value is -3.12. The van der Waals surface area contributed by atoms with E-state index in [9.17, 15) is 9.59 Å². The largest absolute Gasteiger partial charge is 0.331 e. The van der Waals surface area contributed by atoms with Crippen LogP contribution in [0.15, 0.2) is 48.5 Å². The number of benzene rings is 2. The maximum absolute atomic E-state index is 12.6. The van der Waals surface area contributed by atoms with Crippen molar-refractivity contribution in [3.8, 4) is 11.3 Å². The smallest absolute Gasteiger partial charge is 0.272 e. The molecule has 0 unspecified atom stereocenters. The summed E-state index contributed by atoms with van der Waals surface area (Å²) < 4.78 is 0. The van der Waals surface area contributed by atoms with Crippen molar-refractivity contribution in [1.29, 1.82) is 0 Å². The van der Waals surface area contributed by atoms with Crippen LogP contribution in [0.3, 0.4) is 0 Å². The number of likely N-dealkylation sites (N-methyl/N-ethyl adjacent to an activating group) is 1. The quantitative estimate of drug-likeness (QED) is 0.682. The molecular formula is C21H21ClN4O2. The van der Waals surface area contributed by atoms with E-state index in [1.165, 1.54) is 4.90 Å². The minimum Gasteiger partial charge on any atom is -0.331 e. The zero-order chi connectivity index (χ0) is 20.3. The Morgan fingerprint density at radius 3 is 2.39 bits per heavy atom. The molecule has 0 atom stereocenters. The number of hydrogen-bond donors (Lipinski definition) is 2. The highest BCUT2D eigenvalue weighted by atomic mass is 35.5. The third kappa shape index (κ3) is 4.40. The molecule has 0 saturated heterocycles. The van der Waals surface area contributed by atoms with Gasteiger partial charge >= 0.3 is 0 Å². The monoisotopic (exact) mass is 396 g/mol. The molecule has 2 aromatic carbocycles. The van der Waals surface area contributed by atoms with Gasteiger partial charge in [0, 0.05) is 23.3 Å². The Balaban J connectivity index is 1.66. The number of nitrogens with one attached hydrogen (secondary N) is 2. The predicted octanol–water partition coefficient (Wildman–Crippen LogP) is 4.06. The molecule has 3 aromatic rings. The van der Waals surface area contributed by atoms with Gasteiger partial charge in [-0.15, -0.1) is 0 Å². The number of aromatic amines is 1. The maximum atomic E-state index is 12.6. The molecule has 28 heavy (non-hydrogen) atoms. The van der Waals surface area contributed by atoms with Crippen molar-refractivity contribution in [2.75, 3.05) is 18.9 Å². The molecule has 0 spiro atoms. The molecule has 0 aliphatic rings. The Kier molecular flexibility index (Phi) is 5.80. The van der Waals surface area contributed by atoms with Crippen molar-refractivity contribution in [2.24, 2.45) is 0 Å². The van der Waals surface area contributed by atoms with Crippen molar-refractivity contribution in [3.05, 3.63) is 70.4 Å². The zero-order valence-corrected chi connectivity index (χ0v) is 16.7. The van der Waals surface area contributed by atoms with E-state index in [-0.39, 0.29) is 18.4 Å². The van der Waals surface area contributed by atoms with Gasteiger partial charge in [-0.3, -0.25) is 14.7 Å². The summed E-state index contributed by atoms with van der Waals surface area (Å²) in [6.07, 6.45) is 0. The lowest BCUT2D eigenvalue weighted by molar-refractivity contribution is -0.116. The Bertz CT molecular complexity index is 991. The first kappa shape index (κ1) is 19.6. The Morgan fingerprint density at radius 2 is 1.75 bits per heavy atom. The Morgan fingerprint density at radius 1 is 1.11 bits per heavy atom. The van der Waals surface area contributed by atoms with E-state index < -0.39 is 0 Å². The number of rotatable bonds is 5. The van der Waals surface area contributed by atoms with E-state index in [2.05, 4.69) is 15.5 Å². The molecule has 3 rings (SSSR count). The molecule has 2 amide bonds. The third-order valence-electron chi connectivity index (χ3n) is 4.42. The topological polar surface area (TPSA) is 78.1 Å². The van der Waals surface area contributed by atoms with E-state index in [4.69, 9.17) is 11.6 Å². The number of aromatic nitrogens is 2. The fourth-order valence-corrected chi connectivity index (χ4v) is 3.01. The van der Waals surface area contributed by atoms with Gasteiger partial charge in [-0.2, -0.15) is 5.10 Å². The highest BCUT2D eigenvalue weighted by molar-refractivity contribution is 6.30. The molecule has 1 heterocycles. The van der Waals surface area contributed by atoms with Crippen LogP contribution in [0, 0.1) is 13.8 Å². The first-order chi connectivity index (χ1) is 13.3. The molecule has 144 valence electrons. The molecule has 0 aliphatic carbocycles. The van der Waals surface area contributed by atoms with Gasteiger partial charge < -0.3 is 10.2 Å². The third-order valence-corrected chi connectivity index (χ3v) is 4.67. The van der Waals surface area contributed by atoms with Crippen molar-refractivity contribution >= 4 is 29.1 Å². The van der Waals surface area contributed by atoms with Gasteiger partial charge in [-0.1, -0.05) is 41.9 Å². The summed E-state index contributed by atoms with van der Waals surface area (Å²) in [4.78, 5) is 26.3. The summed E-state index contributed by atoms with van der Waals surface area (Å²) in [5, 5.41) is 10.4. The van der Waals surface area contributed by atoms with Gasteiger partial charge in [0.2, 0.25) is 5.91 Å². The van der Waals surface area contributed by atoms with Crippen LogP contribution in [0.25, 0.3) is 11.3 Å². The molecule has 0 aliphatic heterocycles. The summed E-state index contributed by atoms with van der Waals surface area (Å²) in [5.74, 6) is -0.574. The van der Waals surface area contributed by atoms with Gasteiger partial charge in [0.25, 0.3) is 5.91 Å². The first-order valence-corrected chi connectivity index (χ1v) is 9.16. The van der Waals surface area contributed by atoms with E-state index in [1.807, 2.05) is 44.2 Å². The molecule has 1 aromatic heterocycles. The highest BCUT2D eigenvalue weighted by Crippen LogP contribution is 2.21. The minimum absolute atomic E-state index is 0.0676. The van der Waals surface area contributed by atoms with Crippen LogP contribution in [0.2, 0.25) is 5.02 Å². The molecule has 7 heteroatoms. The first-order valence-electron chi connectivity index (χ1n) is 8.78. The molecular weight excluding hydrogens is 376 g/mol. The van der Waals surface area contributed by atoms with E-state index in [0.29, 0.717) is 16.4 Å². The fraction of sp³-hybridized carbons (Fsp3) is 0.190. The van der Waals surface area contributed by atoms with Crippen molar-refractivity contribution in [1.82, 2.24) is 15.1 Å². The fourth-order valence-electron chi connectivity index (χ4n) is 2.88. The SMILES string of the molecule is Cc1cccc(C)c1NC(=O)CN(C)C(=O)c1cc(-c2ccc(Cl)cc2)n[nH]1. The summed E-state index contributed by atoms with van der Waals surface area (Å²) in [6, 6.07) is 14.6. The number of carbonyl (C=O) groups is 2. The summed E-state index contributed by atoms with van der Waals surface area (Å²) >= 11 is 5.90. The van der Waals surface area contributed by atoms with E-state index in [0.717, 1.165) is 22.4 Å². The lowest BCUT2D eigenvalue weighted by atomic mass is 10.1. The highest BCUT2D eigenvalue weighted by Gasteiger charge is 2.18. The van der Waals surface area contributed by atoms with Crippen LogP contribution in [0.4, 0.5) is 5.69 Å². The number of para-hydroxylation sites is 1. The Labute approximate surface area is 168 Å². The normalized spacial score (nSPS) is 10.6. The predicted molar refractivity (Wildman–Crippen MR) is 111 cm³/mol. The number of aryl methyl sites for hydroxylation is 2. The van der Waals surface area contributed by atoms with Crippen molar-refractivity contribution < 1.29 is 9.59 Å². The van der Waals surface area contributed by atoms with Crippen molar-refractivity contribution in [2.45, 2.75) is 13.8 Å². The second kappa shape index (κ2) is 8.27. The number of carbonyl (C=O) groups excluding carboxylic acids is 2. The summed E-state index contributed by atoms with van der Waals surface area (Å²) in [7, 11) is 1.58. The van der Waals surface area contributed by atoms with E-state index >= 15 is 0 Å². The number of halogens is 1. The van der Waals surface area contributed by atoms with Gasteiger partial charge in [-0.25, -0.2) is 0 Å². The second-order valence-corrected chi connectivity index (χ2v) is 7.09. The summed E-state index contributed by atoms with van der Waals surface area (Å²) in [6.45, 7) is 3.79. The van der Waals surface area contributed by atoms with Gasteiger partial charge in [-0.05, 0) is 43.2 Å². The van der Waals surface area contributed by atoms with Gasteiger partial charge in [0.15, 0.2) is 0 Å². The number of hydrogen-bond acceptors (Lipinski definition) is 3. The molecule has 0 saturated carbocycles. The van der Waals surface area contributed by atoms with Crippen molar-refractivity contribution in [3.63, 3.8) is 0 Å². The number of H-pyrrole nitrogens is 1. The molecule has 2 N–H and O–H groups in total. The summed E-state index contributed by atoms with van der Waals surface area (Å²) in [5.41, 5.74) is 4.52. The number of amides is 2. The maximum Gasteiger partial charge on any atom is 0.272 e. The van der Waals surface area contributed by atoms with Crippen LogP contribution < -0.4 is 5.32 Å². The number of anilines is 1. The second-order valence-electron chi connectivity index (χ2n) is 6.65. The van der Waals surface area contributed by atoms with Crippen LogP contribution in [0.5, 0.6) is 0 Å². The van der Waals surface area contributed by atoms with Crippen LogP contribution in [-0.4, -0.2) is 40.5 Å². The van der Waals surface area contributed by atoms with Gasteiger partial charge in [0.05, 0.1) is 12.2 Å². The van der Waals surface area contributed by atoms with Gasteiger partial charge in [0.1, 0.15) is 5.69 Å². The van der Waals surface area contributed by atoms with Crippen LogP contribution in [-0.2, 0) is 4.79 Å². The number of nitrogens with zero attached hydrogens (tertiary/aromatic N) is 2. The standard InChI is InChI=1S/C21H21ClN4O2/c1-13-5-4-6-14(2)20(13)23-19(27)12-26(3)21(28)18-11-17(24-25-18)15-7-9-16(22)10-8-15/h4-11H,12H2,1-3H3,(H,23,27)(H,24,25). The zero-order valence-electron chi connectivity index (χ0n) is 15.9. The lowest BCUT2D eigenvalue weighted by Gasteiger charge is -2.17. The lowest BCUT2D eigenvalue weighted by Crippen LogP contribution is -2.35. The molecule has 6 nitrogen and oxygen atoms in total. The molecule has 0 bridgehead atoms.